The first kappa shape index (κ1) is 47.0. The number of nitrogens with zero attached hydrogens (tertiary/aromatic N) is 2. The van der Waals surface area contributed by atoms with Crippen LogP contribution in [0.2, 0.25) is 0 Å². The van der Waals surface area contributed by atoms with E-state index in [1.54, 1.807) is 45.9 Å². The normalized spacial score (nSPS) is 30.2. The number of hydrogen-bond acceptors (Lipinski definition) is 16. The average molecular weight is 900 g/mol. The Balaban J connectivity index is 1.48. The number of aliphatic hydroxyl groups is 4. The lowest BCUT2D eigenvalue weighted by Crippen LogP contribution is -2.46. The standard InChI is InChI=1S/C48H57N3O14/c1-21-11-10-12-22(2)47(60)50-38-42(58)34-33(37-45(38)64-32-20-28(19-30(54)36(32)49-37)51-16-13-29(53)14-17-51)35-44(26(6)41(34)57)65-48(8,46(35)59)62-18-15-31(61-9)23(3)43(63-27(7)52)25(5)40(56)24(4)39(21)55/h10-12,15,18-21,23-25,29,31,39-40,43,53,55-57,59H,13-14,16-17H2,1-9H3,(H,50,60)/b11-10+,18-15+,22-12-/t21-,23+,24+,25+,31-,39-,40?,43+,48-/m0/s1. The molecule has 3 aliphatic rings. The molecular weight excluding hydrogens is 843 g/mol. The number of aromatic nitrogens is 1. The van der Waals surface area contributed by atoms with Gasteiger partial charge in [-0.15, -0.1) is 0 Å². The van der Waals surface area contributed by atoms with Crippen molar-refractivity contribution in [3.05, 3.63) is 79.5 Å². The number of amides is 1. The van der Waals surface area contributed by atoms with E-state index in [1.807, 2.05) is 4.90 Å². The highest BCUT2D eigenvalue weighted by Crippen LogP contribution is 2.42. The lowest BCUT2D eigenvalue weighted by Gasteiger charge is -2.38. The monoisotopic (exact) mass is 899 g/mol. The van der Waals surface area contributed by atoms with Crippen LogP contribution in [0.25, 0.3) is 38.7 Å². The van der Waals surface area contributed by atoms with Crippen molar-refractivity contribution >= 4 is 62.0 Å². The number of nitrogens with one attached hydrogen (secondary N) is 1. The minimum absolute atomic E-state index is 0.0152. The van der Waals surface area contributed by atoms with Gasteiger partial charge >= 0.3 is 11.8 Å². The third kappa shape index (κ3) is 8.53. The SMILES string of the molecule is CO[C@H]1/C=C/O[C@@]2(C)Oc3c(C)c(O)c4c(=O)c(c5oc6cc(N7CCC(O)CC7)cc(=O)c6nc5c4c3=C2O)NC(=O)/C(C)=C\C=C\[C@H](C)[C@H](O)[C@@H](C)C(O)[C@@H](C)[C@H](OC(C)=O)[C@@H]1C. The van der Waals surface area contributed by atoms with Crippen LogP contribution in [0, 0.1) is 30.6 Å². The molecule has 4 aromatic rings. The third-order valence-electron chi connectivity index (χ3n) is 13.2. The number of rotatable bonds is 3. The maximum atomic E-state index is 14.8. The van der Waals surface area contributed by atoms with Crippen molar-refractivity contribution in [2.24, 2.45) is 23.7 Å². The predicted octanol–water partition coefficient (Wildman–Crippen LogP) is 4.52. The Labute approximate surface area is 374 Å². The fourth-order valence-electron chi connectivity index (χ4n) is 9.18. The van der Waals surface area contributed by atoms with Crippen molar-refractivity contribution in [2.75, 3.05) is 30.4 Å². The molecule has 1 aromatic heterocycles. The zero-order chi connectivity index (χ0) is 47.4. The van der Waals surface area contributed by atoms with E-state index in [0.717, 1.165) is 0 Å². The number of benzene rings is 3. The van der Waals surface area contributed by atoms with Crippen LogP contribution in [0.4, 0.5) is 11.4 Å². The van der Waals surface area contributed by atoms with Gasteiger partial charge in [-0.1, -0.05) is 45.9 Å². The number of phenols is 1. The second-order valence-electron chi connectivity index (χ2n) is 17.8. The first-order valence-electron chi connectivity index (χ1n) is 21.8. The Bertz CT molecular complexity index is 2830. The van der Waals surface area contributed by atoms with Crippen LogP contribution in [0.15, 0.2) is 62.3 Å². The van der Waals surface area contributed by atoms with E-state index in [4.69, 9.17) is 28.3 Å². The van der Waals surface area contributed by atoms with Gasteiger partial charge in [0.25, 0.3) is 5.91 Å². The van der Waals surface area contributed by atoms with Crippen LogP contribution in [0.1, 0.15) is 66.9 Å². The summed E-state index contributed by atoms with van der Waals surface area (Å²) < 4.78 is 30.4. The third-order valence-corrected chi connectivity index (χ3v) is 13.2. The van der Waals surface area contributed by atoms with Crippen LogP contribution in [-0.4, -0.2) is 98.9 Å². The van der Waals surface area contributed by atoms with E-state index in [2.05, 4.69) is 5.32 Å². The molecule has 65 heavy (non-hydrogen) atoms. The van der Waals surface area contributed by atoms with Gasteiger partial charge in [-0.3, -0.25) is 19.2 Å². The molecule has 7 rings (SSSR count). The van der Waals surface area contributed by atoms with Crippen molar-refractivity contribution in [1.29, 1.82) is 0 Å². The number of piperidine rings is 1. The Hall–Kier alpha value is -6.01. The number of anilines is 2. The van der Waals surface area contributed by atoms with Crippen LogP contribution in [-0.2, 0) is 23.8 Å². The summed E-state index contributed by atoms with van der Waals surface area (Å²) in [7, 11) is 1.44. The molecule has 6 N–H and O–H groups in total. The molecule has 1 unspecified atom stereocenters. The number of aliphatic hydroxyl groups excluding tert-OH is 4. The Kier molecular flexibility index (Phi) is 13.1. The number of phenolic OH excluding ortho intramolecular Hbond substituents is 1. The van der Waals surface area contributed by atoms with Crippen molar-refractivity contribution in [1.82, 2.24) is 4.98 Å². The molecule has 17 nitrogen and oxygen atoms in total. The molecule has 4 heterocycles. The summed E-state index contributed by atoms with van der Waals surface area (Å²) in [6, 6.07) is 2.99. The minimum Gasteiger partial charge on any atom is -0.507 e. The van der Waals surface area contributed by atoms with Gasteiger partial charge in [0.05, 0.1) is 41.3 Å². The molecule has 0 radical (unpaired) electrons. The summed E-state index contributed by atoms with van der Waals surface area (Å²) in [4.78, 5) is 61.7. The van der Waals surface area contributed by atoms with Gasteiger partial charge in [-0.25, -0.2) is 4.98 Å². The number of methoxy groups -OCH3 is 1. The first-order chi connectivity index (χ1) is 30.7. The van der Waals surface area contributed by atoms with Crippen molar-refractivity contribution < 1.29 is 58.5 Å². The molecule has 9 atom stereocenters. The molecule has 3 aromatic carbocycles. The molecule has 1 fully saturated rings. The molecule has 348 valence electrons. The number of aromatic hydroxyl groups is 1. The Morgan fingerprint density at radius 3 is 2.29 bits per heavy atom. The van der Waals surface area contributed by atoms with Gasteiger partial charge < -0.3 is 59.1 Å². The van der Waals surface area contributed by atoms with Gasteiger partial charge in [0.1, 0.15) is 28.8 Å². The summed E-state index contributed by atoms with van der Waals surface area (Å²) in [5, 5.41) is 59.1. The zero-order valence-corrected chi connectivity index (χ0v) is 37.9. The van der Waals surface area contributed by atoms with Crippen LogP contribution < -0.4 is 31.0 Å². The number of carbonyl (C=O) groups excluding carboxylic acids is 2. The molecule has 0 spiro atoms. The maximum Gasteiger partial charge on any atom is 0.307 e. The summed E-state index contributed by atoms with van der Waals surface area (Å²) in [5.74, 6) is -7.04. The molecule has 4 bridgehead atoms. The molecule has 3 aliphatic heterocycles. The summed E-state index contributed by atoms with van der Waals surface area (Å²) in [6.07, 6.45) is 3.97. The number of fused-ring (bicyclic) bond motifs is 2. The smallest absolute Gasteiger partial charge is 0.307 e. The van der Waals surface area contributed by atoms with E-state index >= 15 is 0 Å². The Morgan fingerprint density at radius 1 is 0.938 bits per heavy atom. The highest BCUT2D eigenvalue weighted by molar-refractivity contribution is 6.16. The molecular formula is C48H57N3O14. The molecule has 1 saturated heterocycles. The number of esters is 1. The minimum atomic E-state index is -1.99. The first-order valence-corrected chi connectivity index (χ1v) is 21.8. The summed E-state index contributed by atoms with van der Waals surface area (Å²) in [6.45, 7) is 13.5. The van der Waals surface area contributed by atoms with Gasteiger partial charge in [0.2, 0.25) is 10.9 Å². The molecule has 0 saturated carbocycles. The lowest BCUT2D eigenvalue weighted by atomic mass is 9.78. The van der Waals surface area contributed by atoms with E-state index < -0.39 is 99.9 Å². The van der Waals surface area contributed by atoms with Gasteiger partial charge in [0, 0.05) is 92.1 Å². The van der Waals surface area contributed by atoms with Crippen molar-refractivity contribution in [2.45, 2.75) is 105 Å². The second kappa shape index (κ2) is 18.1. The summed E-state index contributed by atoms with van der Waals surface area (Å²) >= 11 is 0. The Morgan fingerprint density at radius 2 is 1.63 bits per heavy atom. The summed E-state index contributed by atoms with van der Waals surface area (Å²) in [5.41, 5.74) is -1.75. The second-order valence-corrected chi connectivity index (χ2v) is 17.8. The van der Waals surface area contributed by atoms with E-state index in [-0.39, 0.29) is 55.1 Å². The average Bonchev–Trinajstić information content (AvgIpc) is 3.54. The van der Waals surface area contributed by atoms with Crippen LogP contribution >= 0.6 is 0 Å². The van der Waals surface area contributed by atoms with Gasteiger partial charge in [-0.2, -0.15) is 0 Å². The highest BCUT2D eigenvalue weighted by Gasteiger charge is 2.44. The van der Waals surface area contributed by atoms with E-state index in [0.29, 0.717) is 31.6 Å². The maximum absolute atomic E-state index is 14.8. The van der Waals surface area contributed by atoms with E-state index in [9.17, 15) is 44.7 Å². The topological polar surface area (TPSA) is 248 Å². The fourth-order valence-corrected chi connectivity index (χ4v) is 9.18. The van der Waals surface area contributed by atoms with Crippen LogP contribution in [0.5, 0.6) is 11.5 Å². The highest BCUT2D eigenvalue weighted by atomic mass is 16.7. The predicted molar refractivity (Wildman–Crippen MR) is 242 cm³/mol. The van der Waals surface area contributed by atoms with Crippen LogP contribution in [0.3, 0.4) is 0 Å². The number of hydrogen-bond donors (Lipinski definition) is 6. The lowest BCUT2D eigenvalue weighted by molar-refractivity contribution is -0.160. The molecule has 0 aliphatic carbocycles. The largest absolute Gasteiger partial charge is 0.507 e. The fraction of sp³-hybridized carbons (Fsp3) is 0.479. The van der Waals surface area contributed by atoms with Crippen molar-refractivity contribution in [3.8, 4) is 11.5 Å². The van der Waals surface area contributed by atoms with Gasteiger partial charge in [-0.05, 0) is 32.8 Å². The van der Waals surface area contributed by atoms with Gasteiger partial charge in [0.15, 0.2) is 22.4 Å². The zero-order valence-electron chi connectivity index (χ0n) is 37.9. The quantitative estimate of drug-likeness (QED) is 0.0940. The number of carbonyl (C=O) groups is 2. The molecule has 17 heteroatoms. The number of allylic oxidation sites excluding steroid dienone is 2. The molecule has 1 amide bonds. The number of ether oxygens (including phenoxy) is 4. The van der Waals surface area contributed by atoms with Crippen molar-refractivity contribution in [3.63, 3.8) is 0 Å². The van der Waals surface area contributed by atoms with E-state index in [1.165, 1.54) is 59.3 Å².